The van der Waals surface area contributed by atoms with E-state index in [2.05, 4.69) is 0 Å². The van der Waals surface area contributed by atoms with Crippen molar-refractivity contribution in [1.82, 2.24) is 9.47 Å². The number of amides is 1. The largest absolute Gasteiger partial charge is 0.497 e. The molecule has 0 aliphatic carbocycles. The number of methoxy groups -OCH3 is 1. The van der Waals surface area contributed by atoms with Gasteiger partial charge in [-0.05, 0) is 45.0 Å². The molecule has 28 heavy (non-hydrogen) atoms. The lowest BCUT2D eigenvalue weighted by molar-refractivity contribution is -0.133. The third kappa shape index (κ3) is 5.52. The predicted molar refractivity (Wildman–Crippen MR) is 107 cm³/mol. The molecule has 0 spiro atoms. The highest BCUT2D eigenvalue weighted by atomic mass is 16.5. The van der Waals surface area contributed by atoms with Gasteiger partial charge in [-0.1, -0.05) is 0 Å². The lowest BCUT2D eigenvalue weighted by Crippen LogP contribution is -2.35. The lowest BCUT2D eigenvalue weighted by Gasteiger charge is -2.19. The molecule has 0 fully saturated rings. The van der Waals surface area contributed by atoms with Crippen LogP contribution in [0.5, 0.6) is 17.2 Å². The Morgan fingerprint density at radius 1 is 1.04 bits per heavy atom. The van der Waals surface area contributed by atoms with Gasteiger partial charge in [0.25, 0.3) is 5.91 Å². The molecular weight excluding hydrogens is 360 g/mol. The number of nitrogens with zero attached hydrogens (tertiary/aromatic N) is 2. The molecule has 152 valence electrons. The van der Waals surface area contributed by atoms with Crippen LogP contribution in [0.1, 0.15) is 19.5 Å². The van der Waals surface area contributed by atoms with E-state index in [1.807, 2.05) is 42.7 Å². The fourth-order valence-corrected chi connectivity index (χ4v) is 2.81. The molecule has 0 radical (unpaired) electrons. The Hall–Kier alpha value is -2.96. The molecule has 1 aromatic carbocycles. The summed E-state index contributed by atoms with van der Waals surface area (Å²) < 4.78 is 18.3. The minimum atomic E-state index is -0.239. The average Bonchev–Trinajstić information content (AvgIpc) is 2.71. The number of ether oxygens (including phenoxy) is 3. The number of hydrogen-bond donors (Lipinski definition) is 0. The van der Waals surface area contributed by atoms with E-state index in [1.165, 1.54) is 6.07 Å². The zero-order valence-corrected chi connectivity index (χ0v) is 16.9. The summed E-state index contributed by atoms with van der Waals surface area (Å²) in [7, 11) is 1.62. The monoisotopic (exact) mass is 388 g/mol. The van der Waals surface area contributed by atoms with Gasteiger partial charge >= 0.3 is 0 Å². The SMILES string of the molecule is CCN(CC)C(=O)COc1c(C)n(CCOc2ccc(OC)cc2)ccc1=O. The number of pyridine rings is 1. The van der Waals surface area contributed by atoms with Gasteiger partial charge in [-0.2, -0.15) is 0 Å². The predicted octanol–water partition coefficient (Wildman–Crippen LogP) is 2.49. The van der Waals surface area contributed by atoms with Gasteiger partial charge in [0.05, 0.1) is 19.3 Å². The average molecular weight is 388 g/mol. The molecule has 0 atom stereocenters. The topological polar surface area (TPSA) is 70.0 Å². The van der Waals surface area contributed by atoms with Crippen LogP contribution in [0.15, 0.2) is 41.3 Å². The summed E-state index contributed by atoms with van der Waals surface area (Å²) in [5.41, 5.74) is 0.426. The van der Waals surface area contributed by atoms with Gasteiger partial charge in [0.15, 0.2) is 12.4 Å². The van der Waals surface area contributed by atoms with Crippen molar-refractivity contribution in [2.45, 2.75) is 27.3 Å². The standard InChI is InChI=1S/C21H28N2O5/c1-5-22(6-2)20(25)15-28-21-16(3)23(12-11-19(21)24)13-14-27-18-9-7-17(26-4)8-10-18/h7-12H,5-6,13-15H2,1-4H3. The summed E-state index contributed by atoms with van der Waals surface area (Å²) in [5, 5.41) is 0. The molecular formula is C21H28N2O5. The van der Waals surface area contributed by atoms with Crippen molar-refractivity contribution in [3.05, 3.63) is 52.4 Å². The molecule has 7 nitrogen and oxygen atoms in total. The van der Waals surface area contributed by atoms with Gasteiger partial charge < -0.3 is 23.7 Å². The van der Waals surface area contributed by atoms with Crippen LogP contribution in [0, 0.1) is 6.92 Å². The maximum atomic E-state index is 12.2. The first kappa shape index (κ1) is 21.3. The number of likely N-dealkylation sites (N-methyl/N-ethyl adjacent to an activating group) is 1. The van der Waals surface area contributed by atoms with E-state index < -0.39 is 0 Å². The van der Waals surface area contributed by atoms with Crippen LogP contribution in [0.4, 0.5) is 0 Å². The number of benzene rings is 1. The molecule has 0 aliphatic heterocycles. The third-order valence-corrected chi connectivity index (χ3v) is 4.51. The molecule has 1 heterocycles. The second-order valence-electron chi connectivity index (χ2n) is 6.17. The molecule has 1 aromatic heterocycles. The number of aromatic nitrogens is 1. The van der Waals surface area contributed by atoms with Crippen LogP contribution in [0.2, 0.25) is 0 Å². The van der Waals surface area contributed by atoms with Crippen molar-refractivity contribution >= 4 is 5.91 Å². The van der Waals surface area contributed by atoms with E-state index in [1.54, 1.807) is 25.1 Å². The first-order valence-electron chi connectivity index (χ1n) is 9.37. The Morgan fingerprint density at radius 3 is 2.29 bits per heavy atom. The lowest BCUT2D eigenvalue weighted by atomic mass is 10.3. The van der Waals surface area contributed by atoms with Gasteiger partial charge in [0, 0.05) is 25.4 Å². The molecule has 0 saturated heterocycles. The number of carbonyl (C=O) groups is 1. The summed E-state index contributed by atoms with van der Waals surface area (Å²) in [6.45, 7) is 7.65. The summed E-state index contributed by atoms with van der Waals surface area (Å²) in [5.74, 6) is 1.57. The summed E-state index contributed by atoms with van der Waals surface area (Å²) in [4.78, 5) is 26.0. The van der Waals surface area contributed by atoms with Crippen molar-refractivity contribution < 1.29 is 19.0 Å². The Kier molecular flexibility index (Phi) is 7.92. The van der Waals surface area contributed by atoms with Crippen molar-refractivity contribution in [2.24, 2.45) is 0 Å². The fourth-order valence-electron chi connectivity index (χ4n) is 2.81. The van der Waals surface area contributed by atoms with Crippen LogP contribution in [0.3, 0.4) is 0 Å². The number of rotatable bonds is 10. The van der Waals surface area contributed by atoms with Gasteiger partial charge in [0.2, 0.25) is 5.43 Å². The third-order valence-electron chi connectivity index (χ3n) is 4.51. The van der Waals surface area contributed by atoms with Crippen molar-refractivity contribution in [3.63, 3.8) is 0 Å². The number of hydrogen-bond acceptors (Lipinski definition) is 5. The van der Waals surface area contributed by atoms with E-state index in [0.717, 1.165) is 11.5 Å². The molecule has 7 heteroatoms. The molecule has 0 saturated carbocycles. The van der Waals surface area contributed by atoms with Crippen LogP contribution in [-0.2, 0) is 11.3 Å². The van der Waals surface area contributed by atoms with E-state index in [4.69, 9.17) is 14.2 Å². The Morgan fingerprint density at radius 2 is 1.68 bits per heavy atom. The minimum absolute atomic E-state index is 0.137. The Balaban J connectivity index is 1.99. The molecule has 0 unspecified atom stereocenters. The Labute approximate surface area is 165 Å². The van der Waals surface area contributed by atoms with Crippen LogP contribution >= 0.6 is 0 Å². The minimum Gasteiger partial charge on any atom is -0.497 e. The highest BCUT2D eigenvalue weighted by Crippen LogP contribution is 2.17. The van der Waals surface area contributed by atoms with Crippen LogP contribution in [0.25, 0.3) is 0 Å². The maximum Gasteiger partial charge on any atom is 0.260 e. The highest BCUT2D eigenvalue weighted by molar-refractivity contribution is 5.77. The van der Waals surface area contributed by atoms with E-state index in [9.17, 15) is 9.59 Å². The second kappa shape index (κ2) is 10.4. The van der Waals surface area contributed by atoms with Crippen LogP contribution < -0.4 is 19.6 Å². The first-order chi connectivity index (χ1) is 13.5. The second-order valence-corrected chi connectivity index (χ2v) is 6.17. The van der Waals surface area contributed by atoms with Gasteiger partial charge in [-0.3, -0.25) is 9.59 Å². The first-order valence-corrected chi connectivity index (χ1v) is 9.37. The zero-order chi connectivity index (χ0) is 20.5. The summed E-state index contributed by atoms with van der Waals surface area (Å²) in [6, 6.07) is 8.78. The van der Waals surface area contributed by atoms with Gasteiger partial charge in [-0.15, -0.1) is 0 Å². The van der Waals surface area contributed by atoms with Gasteiger partial charge in [-0.25, -0.2) is 0 Å². The zero-order valence-electron chi connectivity index (χ0n) is 16.9. The molecule has 2 aromatic rings. The van der Waals surface area contributed by atoms with Crippen LogP contribution in [-0.4, -0.2) is 48.8 Å². The fraction of sp³-hybridized carbons (Fsp3) is 0.429. The molecule has 0 bridgehead atoms. The Bertz CT molecular complexity index is 826. The smallest absolute Gasteiger partial charge is 0.260 e. The van der Waals surface area contributed by atoms with E-state index >= 15 is 0 Å². The number of carbonyl (C=O) groups excluding carboxylic acids is 1. The van der Waals surface area contributed by atoms with Crippen molar-refractivity contribution in [3.8, 4) is 17.2 Å². The van der Waals surface area contributed by atoms with Gasteiger partial charge in [0.1, 0.15) is 18.1 Å². The van der Waals surface area contributed by atoms with E-state index in [-0.39, 0.29) is 23.7 Å². The molecule has 0 N–H and O–H groups in total. The quantitative estimate of drug-likeness (QED) is 0.625. The summed E-state index contributed by atoms with van der Waals surface area (Å²) >= 11 is 0. The molecule has 0 aliphatic rings. The maximum absolute atomic E-state index is 12.2. The van der Waals surface area contributed by atoms with Crippen molar-refractivity contribution in [1.29, 1.82) is 0 Å². The van der Waals surface area contributed by atoms with E-state index in [0.29, 0.717) is 31.9 Å². The molecule has 1 amide bonds. The normalized spacial score (nSPS) is 10.4. The molecule has 2 rings (SSSR count). The van der Waals surface area contributed by atoms with Crippen molar-refractivity contribution in [2.75, 3.05) is 33.4 Å². The summed E-state index contributed by atoms with van der Waals surface area (Å²) in [6.07, 6.45) is 1.70. The highest BCUT2D eigenvalue weighted by Gasteiger charge is 2.14.